The fraction of sp³-hybridized carbons (Fsp3) is 0.562. The van der Waals surface area contributed by atoms with E-state index in [2.05, 4.69) is 11.0 Å². The van der Waals surface area contributed by atoms with Crippen LogP contribution in [0.5, 0.6) is 0 Å². The van der Waals surface area contributed by atoms with E-state index in [1.165, 1.54) is 11.3 Å². The molecule has 1 N–H and O–H groups in total. The van der Waals surface area contributed by atoms with Crippen LogP contribution in [-0.4, -0.2) is 53.9 Å². The summed E-state index contributed by atoms with van der Waals surface area (Å²) in [6.45, 7) is 1.92. The Bertz CT molecular complexity index is 505. The number of benzene rings is 1. The maximum atomic E-state index is 12.7. The highest BCUT2D eigenvalue weighted by atomic mass is 32.2. The average molecular weight is 306 g/mol. The Morgan fingerprint density at radius 1 is 1.38 bits per heavy atom. The van der Waals surface area contributed by atoms with E-state index in [0.717, 1.165) is 30.8 Å². The van der Waals surface area contributed by atoms with Gasteiger partial charge >= 0.3 is 0 Å². The minimum atomic E-state index is 0.121. The first-order valence-corrected chi connectivity index (χ1v) is 8.65. The van der Waals surface area contributed by atoms with Crippen molar-refractivity contribution in [1.29, 1.82) is 0 Å². The van der Waals surface area contributed by atoms with Gasteiger partial charge in [0.1, 0.15) is 0 Å². The van der Waals surface area contributed by atoms with Crippen LogP contribution < -0.4 is 4.90 Å². The second kappa shape index (κ2) is 6.81. The number of amides is 1. The molecule has 1 aromatic carbocycles. The maximum absolute atomic E-state index is 12.7. The van der Waals surface area contributed by atoms with Gasteiger partial charge in [-0.1, -0.05) is 18.6 Å². The number of carbonyl (C=O) groups is 1. The first kappa shape index (κ1) is 14.9. The Hall–Kier alpha value is -1.04. The molecule has 114 valence electrons. The SMILES string of the molecule is O=C(CN(CCO)C1CCC1)N1CCSc2ccccc21. The number of hydrogen-bond acceptors (Lipinski definition) is 4. The first-order chi connectivity index (χ1) is 10.3. The second-order valence-corrected chi connectivity index (χ2v) is 6.78. The molecule has 1 saturated carbocycles. The van der Waals surface area contributed by atoms with Gasteiger partial charge in [0.25, 0.3) is 0 Å². The minimum absolute atomic E-state index is 0.121. The highest BCUT2D eigenvalue weighted by Gasteiger charge is 2.29. The Morgan fingerprint density at radius 3 is 2.90 bits per heavy atom. The van der Waals surface area contributed by atoms with Crippen molar-refractivity contribution in [2.75, 3.05) is 36.9 Å². The van der Waals surface area contributed by atoms with Crippen LogP contribution in [0.1, 0.15) is 19.3 Å². The normalized spacial score (nSPS) is 18.5. The number of hydrogen-bond donors (Lipinski definition) is 1. The number of para-hydroxylation sites is 1. The molecule has 1 heterocycles. The molecule has 0 saturated heterocycles. The standard InChI is InChI=1S/C16H22N2O2S/c19-10-8-17(13-4-3-5-13)12-16(20)18-9-11-21-15-7-2-1-6-14(15)18/h1-2,6-7,13,19H,3-5,8-12H2. The van der Waals surface area contributed by atoms with Gasteiger partial charge < -0.3 is 10.0 Å². The molecule has 0 unspecified atom stereocenters. The molecule has 0 radical (unpaired) electrons. The number of aliphatic hydroxyl groups is 1. The van der Waals surface area contributed by atoms with Crippen LogP contribution in [0, 0.1) is 0 Å². The second-order valence-electron chi connectivity index (χ2n) is 5.64. The van der Waals surface area contributed by atoms with Gasteiger partial charge in [0.05, 0.1) is 18.8 Å². The first-order valence-electron chi connectivity index (χ1n) is 7.66. The molecule has 2 aliphatic rings. The third kappa shape index (κ3) is 3.25. The molecule has 1 aliphatic carbocycles. The van der Waals surface area contributed by atoms with Crippen molar-refractivity contribution in [3.05, 3.63) is 24.3 Å². The lowest BCUT2D eigenvalue weighted by Crippen LogP contribution is -2.49. The summed E-state index contributed by atoms with van der Waals surface area (Å²) in [7, 11) is 0. The van der Waals surface area contributed by atoms with E-state index in [4.69, 9.17) is 0 Å². The molecule has 0 aromatic heterocycles. The minimum Gasteiger partial charge on any atom is -0.395 e. The Morgan fingerprint density at radius 2 is 2.19 bits per heavy atom. The summed E-state index contributed by atoms with van der Waals surface area (Å²) in [5.74, 6) is 1.11. The van der Waals surface area contributed by atoms with Crippen molar-refractivity contribution in [2.24, 2.45) is 0 Å². The fourth-order valence-electron chi connectivity index (χ4n) is 2.96. The molecular weight excluding hydrogens is 284 g/mol. The van der Waals surface area contributed by atoms with Crippen LogP contribution in [0.3, 0.4) is 0 Å². The van der Waals surface area contributed by atoms with Crippen LogP contribution >= 0.6 is 11.8 Å². The molecule has 4 nitrogen and oxygen atoms in total. The van der Waals surface area contributed by atoms with E-state index in [1.807, 2.05) is 34.9 Å². The molecule has 0 atom stereocenters. The molecule has 0 spiro atoms. The summed E-state index contributed by atoms with van der Waals surface area (Å²) in [6, 6.07) is 8.60. The molecule has 3 rings (SSSR count). The molecule has 0 bridgehead atoms. The van der Waals surface area contributed by atoms with Crippen molar-refractivity contribution in [2.45, 2.75) is 30.2 Å². The summed E-state index contributed by atoms with van der Waals surface area (Å²) in [5.41, 5.74) is 1.04. The van der Waals surface area contributed by atoms with E-state index < -0.39 is 0 Å². The Balaban J connectivity index is 1.70. The molecular formula is C16H22N2O2S. The summed E-state index contributed by atoms with van der Waals surface area (Å²) in [6.07, 6.45) is 3.55. The topological polar surface area (TPSA) is 43.8 Å². The third-order valence-electron chi connectivity index (χ3n) is 4.35. The Kier molecular flexibility index (Phi) is 4.83. The lowest BCUT2D eigenvalue weighted by molar-refractivity contribution is -0.120. The monoisotopic (exact) mass is 306 g/mol. The number of carbonyl (C=O) groups excluding carboxylic acids is 1. The van der Waals surface area contributed by atoms with Gasteiger partial charge in [-0.25, -0.2) is 0 Å². The van der Waals surface area contributed by atoms with E-state index >= 15 is 0 Å². The largest absolute Gasteiger partial charge is 0.395 e. The molecule has 1 aromatic rings. The van der Waals surface area contributed by atoms with Crippen molar-refractivity contribution >= 4 is 23.4 Å². The molecule has 21 heavy (non-hydrogen) atoms. The van der Waals surface area contributed by atoms with Gasteiger partial charge in [-0.3, -0.25) is 9.69 Å². The molecule has 1 fully saturated rings. The van der Waals surface area contributed by atoms with Crippen molar-refractivity contribution in [3.63, 3.8) is 0 Å². The van der Waals surface area contributed by atoms with E-state index in [0.29, 0.717) is 19.1 Å². The number of fused-ring (bicyclic) bond motifs is 1. The van der Waals surface area contributed by atoms with Crippen molar-refractivity contribution in [1.82, 2.24) is 4.90 Å². The lowest BCUT2D eigenvalue weighted by atomic mass is 9.91. The van der Waals surface area contributed by atoms with Gasteiger partial charge in [0.2, 0.25) is 5.91 Å². The number of rotatable bonds is 5. The van der Waals surface area contributed by atoms with Gasteiger partial charge in [0, 0.05) is 29.8 Å². The van der Waals surface area contributed by atoms with Gasteiger partial charge in [-0.2, -0.15) is 0 Å². The molecule has 1 amide bonds. The third-order valence-corrected chi connectivity index (χ3v) is 5.39. The summed E-state index contributed by atoms with van der Waals surface area (Å²) in [5, 5.41) is 9.22. The fourth-order valence-corrected chi connectivity index (χ4v) is 3.95. The summed E-state index contributed by atoms with van der Waals surface area (Å²) in [4.78, 5) is 17.9. The predicted molar refractivity (Wildman–Crippen MR) is 85.8 cm³/mol. The predicted octanol–water partition coefficient (Wildman–Crippen LogP) is 1.97. The van der Waals surface area contributed by atoms with Gasteiger partial charge in [-0.15, -0.1) is 11.8 Å². The highest BCUT2D eigenvalue weighted by molar-refractivity contribution is 7.99. The van der Waals surface area contributed by atoms with E-state index in [-0.39, 0.29) is 12.5 Å². The lowest BCUT2D eigenvalue weighted by Gasteiger charge is -2.38. The smallest absolute Gasteiger partial charge is 0.241 e. The number of aliphatic hydroxyl groups excluding tert-OH is 1. The summed E-state index contributed by atoms with van der Waals surface area (Å²) >= 11 is 1.81. The summed E-state index contributed by atoms with van der Waals surface area (Å²) < 4.78 is 0. The number of nitrogens with zero attached hydrogens (tertiary/aromatic N) is 2. The molecule has 1 aliphatic heterocycles. The van der Waals surface area contributed by atoms with Crippen LogP contribution in [0.4, 0.5) is 5.69 Å². The van der Waals surface area contributed by atoms with Gasteiger partial charge in [0.15, 0.2) is 0 Å². The zero-order valence-corrected chi connectivity index (χ0v) is 13.0. The van der Waals surface area contributed by atoms with E-state index in [9.17, 15) is 9.90 Å². The zero-order valence-electron chi connectivity index (χ0n) is 12.2. The van der Waals surface area contributed by atoms with E-state index in [1.54, 1.807) is 0 Å². The van der Waals surface area contributed by atoms with Crippen LogP contribution in [0.15, 0.2) is 29.2 Å². The average Bonchev–Trinajstić information content (AvgIpc) is 2.45. The highest BCUT2D eigenvalue weighted by Crippen LogP contribution is 2.34. The number of thioether (sulfide) groups is 1. The van der Waals surface area contributed by atoms with Crippen LogP contribution in [0.25, 0.3) is 0 Å². The number of anilines is 1. The van der Waals surface area contributed by atoms with Crippen LogP contribution in [-0.2, 0) is 4.79 Å². The molecule has 5 heteroatoms. The zero-order chi connectivity index (χ0) is 14.7. The van der Waals surface area contributed by atoms with Crippen molar-refractivity contribution < 1.29 is 9.90 Å². The van der Waals surface area contributed by atoms with Crippen molar-refractivity contribution in [3.8, 4) is 0 Å². The van der Waals surface area contributed by atoms with Crippen LogP contribution in [0.2, 0.25) is 0 Å². The maximum Gasteiger partial charge on any atom is 0.241 e. The quantitative estimate of drug-likeness (QED) is 0.903. The Labute approximate surface area is 130 Å². The van der Waals surface area contributed by atoms with Gasteiger partial charge in [-0.05, 0) is 25.0 Å².